The van der Waals surface area contributed by atoms with Crippen LogP contribution in [-0.2, 0) is 22.7 Å². The van der Waals surface area contributed by atoms with Gasteiger partial charge in [-0.25, -0.2) is 14.4 Å². The number of carboxylic acid groups (broad SMARTS) is 1. The lowest BCUT2D eigenvalue weighted by Crippen LogP contribution is -2.38. The zero-order valence-corrected chi connectivity index (χ0v) is 20.5. The Bertz CT molecular complexity index is 913. The average molecular weight is 501 g/mol. The summed E-state index contributed by atoms with van der Waals surface area (Å²) in [5, 5.41) is 12.0. The highest BCUT2D eigenvalue weighted by Gasteiger charge is 2.17. The van der Waals surface area contributed by atoms with Gasteiger partial charge in [-0.15, -0.1) is 0 Å². The molecule has 2 aromatic carbocycles. The Labute approximate surface area is 212 Å². The SMILES string of the molecule is NCCCN(CCCN(CCCNC(=O)OCc1ccccc1)C(=O)OCc1ccccc1)C(=O)O. The molecule has 2 aromatic rings. The van der Waals surface area contributed by atoms with Gasteiger partial charge in [-0.2, -0.15) is 0 Å². The molecule has 0 aliphatic rings. The molecule has 0 aliphatic carbocycles. The van der Waals surface area contributed by atoms with E-state index in [9.17, 15) is 19.5 Å². The highest BCUT2D eigenvalue weighted by molar-refractivity contribution is 5.68. The minimum Gasteiger partial charge on any atom is -0.465 e. The first kappa shape index (κ1) is 28.4. The van der Waals surface area contributed by atoms with E-state index in [0.717, 1.165) is 11.1 Å². The molecule has 0 spiro atoms. The lowest BCUT2D eigenvalue weighted by atomic mass is 10.2. The molecule has 0 radical (unpaired) electrons. The number of hydrogen-bond acceptors (Lipinski definition) is 6. The number of nitrogens with two attached hydrogens (primary N) is 1. The zero-order chi connectivity index (χ0) is 26.0. The summed E-state index contributed by atoms with van der Waals surface area (Å²) < 4.78 is 10.6. The summed E-state index contributed by atoms with van der Waals surface area (Å²) in [6.07, 6.45) is -0.537. The number of amides is 3. The third-order valence-electron chi connectivity index (χ3n) is 5.31. The maximum Gasteiger partial charge on any atom is 0.410 e. The quantitative estimate of drug-likeness (QED) is 0.318. The van der Waals surface area contributed by atoms with E-state index < -0.39 is 18.3 Å². The number of nitrogens with one attached hydrogen (secondary N) is 1. The minimum absolute atomic E-state index is 0.137. The van der Waals surface area contributed by atoms with Crippen molar-refractivity contribution in [2.24, 2.45) is 5.73 Å². The van der Waals surface area contributed by atoms with E-state index in [2.05, 4.69) is 5.32 Å². The fourth-order valence-corrected chi connectivity index (χ4v) is 3.38. The Morgan fingerprint density at radius 2 is 1.28 bits per heavy atom. The van der Waals surface area contributed by atoms with Crippen LogP contribution in [0.15, 0.2) is 60.7 Å². The molecule has 0 saturated heterocycles. The van der Waals surface area contributed by atoms with Gasteiger partial charge in [-0.3, -0.25) is 0 Å². The number of carbonyl (C=O) groups is 3. The number of benzene rings is 2. The van der Waals surface area contributed by atoms with Crippen LogP contribution in [0.4, 0.5) is 14.4 Å². The van der Waals surface area contributed by atoms with Gasteiger partial charge < -0.3 is 35.4 Å². The lowest BCUT2D eigenvalue weighted by Gasteiger charge is -2.24. The number of alkyl carbamates (subject to hydrolysis) is 1. The van der Waals surface area contributed by atoms with Gasteiger partial charge >= 0.3 is 18.3 Å². The van der Waals surface area contributed by atoms with Crippen molar-refractivity contribution in [2.75, 3.05) is 39.3 Å². The number of rotatable bonds is 15. The predicted octanol–water partition coefficient (Wildman–Crippen LogP) is 3.66. The summed E-state index contributed by atoms with van der Waals surface area (Å²) in [6.45, 7) is 2.31. The van der Waals surface area contributed by atoms with Crippen molar-refractivity contribution in [3.8, 4) is 0 Å². The molecular formula is C26H36N4O6. The number of nitrogens with zero attached hydrogens (tertiary/aromatic N) is 2. The number of carbonyl (C=O) groups excluding carboxylic acids is 2. The molecule has 4 N–H and O–H groups in total. The van der Waals surface area contributed by atoms with E-state index in [1.807, 2.05) is 60.7 Å². The van der Waals surface area contributed by atoms with Crippen molar-refractivity contribution in [3.05, 3.63) is 71.8 Å². The largest absolute Gasteiger partial charge is 0.465 e. The van der Waals surface area contributed by atoms with Crippen LogP contribution in [0.5, 0.6) is 0 Å². The Morgan fingerprint density at radius 1 is 0.750 bits per heavy atom. The smallest absolute Gasteiger partial charge is 0.410 e. The van der Waals surface area contributed by atoms with E-state index in [4.69, 9.17) is 15.2 Å². The monoisotopic (exact) mass is 500 g/mol. The highest BCUT2D eigenvalue weighted by atomic mass is 16.6. The molecule has 0 heterocycles. The van der Waals surface area contributed by atoms with Crippen LogP contribution < -0.4 is 11.1 Å². The third kappa shape index (κ3) is 11.6. The molecule has 0 unspecified atom stereocenters. The molecule has 0 saturated carbocycles. The van der Waals surface area contributed by atoms with E-state index in [-0.39, 0.29) is 19.8 Å². The number of ether oxygens (including phenoxy) is 2. The fourth-order valence-electron chi connectivity index (χ4n) is 3.38. The van der Waals surface area contributed by atoms with Crippen LogP contribution in [0.25, 0.3) is 0 Å². The summed E-state index contributed by atoms with van der Waals surface area (Å²) in [5.74, 6) is 0. The van der Waals surface area contributed by atoms with Crippen molar-refractivity contribution >= 4 is 18.3 Å². The fraction of sp³-hybridized carbons (Fsp3) is 0.423. The summed E-state index contributed by atoms with van der Waals surface area (Å²) in [7, 11) is 0. The highest BCUT2D eigenvalue weighted by Crippen LogP contribution is 2.06. The van der Waals surface area contributed by atoms with Crippen LogP contribution in [-0.4, -0.2) is 72.5 Å². The molecule has 196 valence electrons. The van der Waals surface area contributed by atoms with Crippen molar-refractivity contribution in [1.82, 2.24) is 15.1 Å². The van der Waals surface area contributed by atoms with Gasteiger partial charge in [0.05, 0.1) is 0 Å². The minimum atomic E-state index is -1.01. The summed E-state index contributed by atoms with van der Waals surface area (Å²) in [6, 6.07) is 18.7. The first-order chi connectivity index (χ1) is 17.5. The van der Waals surface area contributed by atoms with Crippen LogP contribution in [0, 0.1) is 0 Å². The second kappa shape index (κ2) is 16.8. The van der Waals surface area contributed by atoms with Crippen molar-refractivity contribution in [2.45, 2.75) is 32.5 Å². The maximum absolute atomic E-state index is 12.7. The molecular weight excluding hydrogens is 464 g/mol. The molecule has 0 fully saturated rings. The molecule has 0 aliphatic heterocycles. The summed E-state index contributed by atoms with van der Waals surface area (Å²) in [5.41, 5.74) is 7.24. The topological polar surface area (TPSA) is 134 Å². The Hall–Kier alpha value is -3.79. The molecule has 10 heteroatoms. The van der Waals surface area contributed by atoms with Gasteiger partial charge in [0.1, 0.15) is 13.2 Å². The van der Waals surface area contributed by atoms with Gasteiger partial charge in [-0.05, 0) is 36.9 Å². The number of hydrogen-bond donors (Lipinski definition) is 3. The Kier molecular flexibility index (Phi) is 13.3. The average Bonchev–Trinajstić information content (AvgIpc) is 2.90. The molecule has 2 rings (SSSR count). The second-order valence-electron chi connectivity index (χ2n) is 8.13. The van der Waals surface area contributed by atoms with Gasteiger partial charge in [0.25, 0.3) is 0 Å². The summed E-state index contributed by atoms with van der Waals surface area (Å²) in [4.78, 5) is 38.9. The normalized spacial score (nSPS) is 10.4. The molecule has 10 nitrogen and oxygen atoms in total. The van der Waals surface area contributed by atoms with Crippen LogP contribution >= 0.6 is 0 Å². The first-order valence-electron chi connectivity index (χ1n) is 12.1. The molecule has 0 atom stereocenters. The van der Waals surface area contributed by atoms with Crippen molar-refractivity contribution in [3.63, 3.8) is 0 Å². The van der Waals surface area contributed by atoms with Gasteiger partial charge in [0.15, 0.2) is 0 Å². The molecule has 0 aromatic heterocycles. The predicted molar refractivity (Wildman–Crippen MR) is 135 cm³/mol. The Balaban J connectivity index is 1.80. The van der Waals surface area contributed by atoms with Gasteiger partial charge in [-0.1, -0.05) is 60.7 Å². The molecule has 3 amide bonds. The maximum atomic E-state index is 12.7. The van der Waals surface area contributed by atoms with Gasteiger partial charge in [0.2, 0.25) is 0 Å². The Morgan fingerprint density at radius 3 is 1.86 bits per heavy atom. The molecule has 0 bridgehead atoms. The van der Waals surface area contributed by atoms with Crippen molar-refractivity contribution < 1.29 is 29.0 Å². The van der Waals surface area contributed by atoms with E-state index in [0.29, 0.717) is 52.0 Å². The zero-order valence-electron chi connectivity index (χ0n) is 20.5. The lowest BCUT2D eigenvalue weighted by molar-refractivity contribution is 0.0933. The van der Waals surface area contributed by atoms with E-state index in [1.54, 1.807) is 0 Å². The molecule has 36 heavy (non-hydrogen) atoms. The van der Waals surface area contributed by atoms with E-state index >= 15 is 0 Å². The second-order valence-corrected chi connectivity index (χ2v) is 8.13. The van der Waals surface area contributed by atoms with Crippen molar-refractivity contribution in [1.29, 1.82) is 0 Å². The van der Waals surface area contributed by atoms with Crippen LogP contribution in [0.1, 0.15) is 30.4 Å². The summed E-state index contributed by atoms with van der Waals surface area (Å²) >= 11 is 0. The van der Waals surface area contributed by atoms with Gasteiger partial charge in [0, 0.05) is 32.7 Å². The van der Waals surface area contributed by atoms with Crippen LogP contribution in [0.2, 0.25) is 0 Å². The standard InChI is InChI=1S/C26H36N4O6/c27-14-7-16-29(25(32)33)18-9-19-30(26(34)36-21-23-12-5-2-6-13-23)17-8-15-28-24(31)35-20-22-10-3-1-4-11-22/h1-6,10-13H,7-9,14-21,27H2,(H,28,31)(H,32,33). The van der Waals surface area contributed by atoms with E-state index in [1.165, 1.54) is 9.80 Å². The third-order valence-corrected chi connectivity index (χ3v) is 5.31. The van der Waals surface area contributed by atoms with Crippen LogP contribution in [0.3, 0.4) is 0 Å². The first-order valence-corrected chi connectivity index (χ1v) is 12.1.